The predicted molar refractivity (Wildman–Crippen MR) is 115 cm³/mol. The van der Waals surface area contributed by atoms with Crippen LogP contribution in [0.1, 0.15) is 28.2 Å². The molecule has 1 aliphatic heterocycles. The van der Waals surface area contributed by atoms with Crippen LogP contribution in [0.3, 0.4) is 0 Å². The number of amides is 1. The van der Waals surface area contributed by atoms with E-state index in [0.717, 1.165) is 42.2 Å². The monoisotopic (exact) mass is 391 g/mol. The number of carbonyl (C=O) groups excluding carboxylic acids is 1. The third-order valence-corrected chi connectivity index (χ3v) is 6.68. The standard InChI is InChI=1S/C23H25N3OS/c1-26-14-12-23(13-15-26,17-24-21(27)19-10-6-3-7-11-19)22-25-20(16-28-22)18-8-4-2-5-9-18/h2-11,16H,12-15,17H2,1H3,(H,24,27). The van der Waals surface area contributed by atoms with E-state index in [0.29, 0.717) is 12.1 Å². The smallest absolute Gasteiger partial charge is 0.251 e. The summed E-state index contributed by atoms with van der Waals surface area (Å²) in [6.45, 7) is 2.65. The van der Waals surface area contributed by atoms with Gasteiger partial charge >= 0.3 is 0 Å². The van der Waals surface area contributed by atoms with E-state index in [1.54, 1.807) is 11.3 Å². The molecule has 0 bridgehead atoms. The molecule has 1 amide bonds. The van der Waals surface area contributed by atoms with Crippen LogP contribution in [0.2, 0.25) is 0 Å². The molecule has 1 aromatic heterocycles. The highest BCUT2D eigenvalue weighted by Crippen LogP contribution is 2.38. The Labute approximate surface area is 170 Å². The number of carbonyl (C=O) groups is 1. The lowest BCUT2D eigenvalue weighted by Crippen LogP contribution is -2.48. The topological polar surface area (TPSA) is 45.2 Å². The average molecular weight is 392 g/mol. The number of hydrogen-bond acceptors (Lipinski definition) is 4. The van der Waals surface area contributed by atoms with Gasteiger partial charge in [-0.2, -0.15) is 0 Å². The van der Waals surface area contributed by atoms with Crippen LogP contribution >= 0.6 is 11.3 Å². The first-order valence-electron chi connectivity index (χ1n) is 9.70. The Hall–Kier alpha value is -2.50. The lowest BCUT2D eigenvalue weighted by atomic mass is 9.78. The molecule has 0 atom stereocenters. The molecule has 4 rings (SSSR count). The van der Waals surface area contributed by atoms with Gasteiger partial charge in [0.25, 0.3) is 5.91 Å². The number of piperidine rings is 1. The molecule has 2 heterocycles. The number of rotatable bonds is 5. The molecule has 1 N–H and O–H groups in total. The SMILES string of the molecule is CN1CCC(CNC(=O)c2ccccc2)(c2nc(-c3ccccc3)cs2)CC1. The van der Waals surface area contributed by atoms with Gasteiger partial charge in [-0.25, -0.2) is 4.98 Å². The Bertz CT molecular complexity index is 915. The van der Waals surface area contributed by atoms with E-state index in [-0.39, 0.29) is 11.3 Å². The van der Waals surface area contributed by atoms with E-state index >= 15 is 0 Å². The van der Waals surface area contributed by atoms with E-state index in [9.17, 15) is 4.79 Å². The van der Waals surface area contributed by atoms with Crippen molar-refractivity contribution in [1.82, 2.24) is 15.2 Å². The molecule has 1 aliphatic rings. The molecular formula is C23H25N3OS. The van der Waals surface area contributed by atoms with Crippen LogP contribution in [0, 0.1) is 0 Å². The zero-order valence-electron chi connectivity index (χ0n) is 16.1. The second kappa shape index (κ2) is 8.25. The van der Waals surface area contributed by atoms with Crippen LogP contribution in [0.25, 0.3) is 11.3 Å². The molecule has 2 aromatic carbocycles. The molecule has 0 unspecified atom stereocenters. The zero-order valence-corrected chi connectivity index (χ0v) is 16.9. The summed E-state index contributed by atoms with van der Waals surface area (Å²) in [6.07, 6.45) is 2.00. The van der Waals surface area contributed by atoms with Crippen LogP contribution in [0.4, 0.5) is 0 Å². The van der Waals surface area contributed by atoms with Gasteiger partial charge in [-0.05, 0) is 45.1 Å². The van der Waals surface area contributed by atoms with E-state index in [2.05, 4.69) is 34.8 Å². The minimum Gasteiger partial charge on any atom is -0.351 e. The lowest BCUT2D eigenvalue weighted by molar-refractivity contribution is 0.0928. The second-order valence-electron chi connectivity index (χ2n) is 7.54. The van der Waals surface area contributed by atoms with Crippen LogP contribution in [-0.2, 0) is 5.41 Å². The minimum atomic E-state index is -0.103. The van der Waals surface area contributed by atoms with E-state index < -0.39 is 0 Å². The lowest BCUT2D eigenvalue weighted by Gasteiger charge is -2.39. The summed E-state index contributed by atoms with van der Waals surface area (Å²) >= 11 is 1.72. The van der Waals surface area contributed by atoms with Gasteiger partial charge in [0.15, 0.2) is 0 Å². The number of nitrogens with one attached hydrogen (secondary N) is 1. The summed E-state index contributed by atoms with van der Waals surface area (Å²) in [6, 6.07) is 19.7. The number of nitrogens with zero attached hydrogens (tertiary/aromatic N) is 2. The molecular weight excluding hydrogens is 366 g/mol. The first kappa shape index (κ1) is 18.8. The Balaban J connectivity index is 1.57. The maximum absolute atomic E-state index is 12.6. The predicted octanol–water partition coefficient (Wildman–Crippen LogP) is 4.20. The van der Waals surface area contributed by atoms with Crippen molar-refractivity contribution in [2.75, 3.05) is 26.7 Å². The second-order valence-corrected chi connectivity index (χ2v) is 8.39. The third kappa shape index (κ3) is 4.01. The van der Waals surface area contributed by atoms with E-state index in [1.807, 2.05) is 48.5 Å². The number of likely N-dealkylation sites (tertiary alicyclic amines) is 1. The highest BCUT2D eigenvalue weighted by Gasteiger charge is 2.38. The summed E-state index contributed by atoms with van der Waals surface area (Å²) in [7, 11) is 2.16. The summed E-state index contributed by atoms with van der Waals surface area (Å²) in [5.41, 5.74) is 2.76. The first-order valence-corrected chi connectivity index (χ1v) is 10.6. The molecule has 144 valence electrons. The average Bonchev–Trinajstić information content (AvgIpc) is 3.26. The number of benzene rings is 2. The summed E-state index contributed by atoms with van der Waals surface area (Å²) in [5, 5.41) is 6.46. The third-order valence-electron chi connectivity index (χ3n) is 5.59. The van der Waals surface area contributed by atoms with Crippen molar-refractivity contribution in [3.05, 3.63) is 76.6 Å². The van der Waals surface area contributed by atoms with Gasteiger partial charge in [0.05, 0.1) is 5.69 Å². The molecule has 1 saturated heterocycles. The van der Waals surface area contributed by atoms with Crippen molar-refractivity contribution in [3.8, 4) is 11.3 Å². The number of aromatic nitrogens is 1. The highest BCUT2D eigenvalue weighted by atomic mass is 32.1. The maximum atomic E-state index is 12.6. The van der Waals surface area contributed by atoms with Gasteiger partial charge in [-0.15, -0.1) is 11.3 Å². The maximum Gasteiger partial charge on any atom is 0.251 e. The van der Waals surface area contributed by atoms with Crippen molar-refractivity contribution >= 4 is 17.2 Å². The Morgan fingerprint density at radius 1 is 1.07 bits per heavy atom. The zero-order chi connectivity index (χ0) is 19.4. The molecule has 0 radical (unpaired) electrons. The quantitative estimate of drug-likeness (QED) is 0.709. The van der Waals surface area contributed by atoms with Gasteiger partial charge < -0.3 is 10.2 Å². The van der Waals surface area contributed by atoms with Crippen molar-refractivity contribution in [1.29, 1.82) is 0 Å². The van der Waals surface area contributed by atoms with Crippen molar-refractivity contribution in [3.63, 3.8) is 0 Å². The molecule has 3 aromatic rings. The molecule has 4 nitrogen and oxygen atoms in total. The van der Waals surface area contributed by atoms with Crippen LogP contribution in [0.15, 0.2) is 66.0 Å². The minimum absolute atomic E-state index is 0.0151. The van der Waals surface area contributed by atoms with Gasteiger partial charge in [-0.3, -0.25) is 4.79 Å². The molecule has 1 fully saturated rings. The number of hydrogen-bond donors (Lipinski definition) is 1. The van der Waals surface area contributed by atoms with Gasteiger partial charge in [0.1, 0.15) is 5.01 Å². The fourth-order valence-electron chi connectivity index (χ4n) is 3.71. The van der Waals surface area contributed by atoms with Crippen molar-refractivity contribution in [2.24, 2.45) is 0 Å². The van der Waals surface area contributed by atoms with Crippen molar-refractivity contribution < 1.29 is 4.79 Å². The molecule has 5 heteroatoms. The van der Waals surface area contributed by atoms with Gasteiger partial charge in [0.2, 0.25) is 0 Å². The summed E-state index contributed by atoms with van der Waals surface area (Å²) in [4.78, 5) is 20.0. The first-order chi connectivity index (χ1) is 13.7. The van der Waals surface area contributed by atoms with Gasteiger partial charge in [-0.1, -0.05) is 48.5 Å². The van der Waals surface area contributed by atoms with Crippen molar-refractivity contribution in [2.45, 2.75) is 18.3 Å². The molecule has 0 aliphatic carbocycles. The van der Waals surface area contributed by atoms with Crippen LogP contribution in [-0.4, -0.2) is 42.5 Å². The fourth-order valence-corrected chi connectivity index (χ4v) is 4.80. The Kier molecular flexibility index (Phi) is 5.55. The Morgan fingerprint density at radius 3 is 2.39 bits per heavy atom. The van der Waals surface area contributed by atoms with E-state index in [4.69, 9.17) is 4.98 Å². The summed E-state index contributed by atoms with van der Waals surface area (Å²) < 4.78 is 0. The van der Waals surface area contributed by atoms with E-state index in [1.165, 1.54) is 0 Å². The number of thiazole rings is 1. The highest BCUT2D eigenvalue weighted by molar-refractivity contribution is 7.10. The molecule has 28 heavy (non-hydrogen) atoms. The summed E-state index contributed by atoms with van der Waals surface area (Å²) in [5.74, 6) is -0.0151. The Morgan fingerprint density at radius 2 is 1.71 bits per heavy atom. The fraction of sp³-hybridized carbons (Fsp3) is 0.304. The largest absolute Gasteiger partial charge is 0.351 e. The van der Waals surface area contributed by atoms with Crippen LogP contribution < -0.4 is 5.32 Å². The normalized spacial score (nSPS) is 16.6. The van der Waals surface area contributed by atoms with Crippen LogP contribution in [0.5, 0.6) is 0 Å². The molecule has 0 spiro atoms. The van der Waals surface area contributed by atoms with Gasteiger partial charge in [0, 0.05) is 28.5 Å². The molecule has 0 saturated carbocycles.